The first-order valence-corrected chi connectivity index (χ1v) is 17.6. The molecule has 0 saturated carbocycles. The standard InChI is InChI=1S/C45H31BN4/c1-45(2)31-20-10-12-23-36(31)50-42-30(19-13-21-32(42)45)39-27-16-7-8-17-28(27)40-29-18-9-11-22-35(29)49-37-25-38-34(24-33(37)46(50)41(39)43(40)49)47-44(48(38)3)26-14-5-4-6-15-26/h4-25H,1-3H3. The molecule has 0 spiro atoms. The molecule has 0 fully saturated rings. The second-order valence-electron chi connectivity index (χ2n) is 14.8. The summed E-state index contributed by atoms with van der Waals surface area (Å²) in [6, 6.07) is 49.6. The zero-order chi connectivity index (χ0) is 33.0. The van der Waals surface area contributed by atoms with Crippen LogP contribution in [-0.2, 0) is 12.5 Å². The number of anilines is 2. The predicted octanol–water partition coefficient (Wildman–Crippen LogP) is 9.37. The minimum absolute atomic E-state index is 0.0404. The number of aryl methyl sites for hydroxylation is 1. The minimum atomic E-state index is -0.155. The number of aromatic nitrogens is 3. The van der Waals surface area contributed by atoms with Crippen molar-refractivity contribution in [2.45, 2.75) is 19.3 Å². The monoisotopic (exact) mass is 638 g/mol. The van der Waals surface area contributed by atoms with E-state index in [1.807, 2.05) is 0 Å². The van der Waals surface area contributed by atoms with Gasteiger partial charge in [0.2, 0.25) is 0 Å². The Morgan fingerprint density at radius 1 is 0.640 bits per heavy atom. The SMILES string of the molecule is Cn1c(-c2ccccc2)nc2cc3c(cc21)-n1c2ccccc2c2c4ccccc4c4c(c21)B3N1c2ccccc2C(C)(C)c2cccc-4c21. The van der Waals surface area contributed by atoms with Crippen LogP contribution in [0.5, 0.6) is 0 Å². The van der Waals surface area contributed by atoms with E-state index in [0.29, 0.717) is 0 Å². The Bertz CT molecular complexity index is 2980. The summed E-state index contributed by atoms with van der Waals surface area (Å²) < 4.78 is 4.84. The lowest BCUT2D eigenvalue weighted by Gasteiger charge is -2.49. The summed E-state index contributed by atoms with van der Waals surface area (Å²) in [5, 5.41) is 5.27. The second-order valence-corrected chi connectivity index (χ2v) is 14.8. The molecule has 0 atom stereocenters. The molecular weight excluding hydrogens is 607 g/mol. The molecule has 12 rings (SSSR count). The molecule has 0 radical (unpaired) electrons. The van der Waals surface area contributed by atoms with E-state index in [1.165, 1.54) is 82.8 Å². The van der Waals surface area contributed by atoms with Crippen LogP contribution in [0.25, 0.3) is 71.8 Å². The van der Waals surface area contributed by atoms with Crippen molar-refractivity contribution in [2.75, 3.05) is 4.81 Å². The summed E-state index contributed by atoms with van der Waals surface area (Å²) in [7, 11) is 2.15. The number of para-hydroxylation sites is 3. The Hall–Kier alpha value is -6.07. The zero-order valence-corrected chi connectivity index (χ0v) is 28.1. The fraction of sp³-hybridized carbons (Fsp3) is 0.0889. The molecule has 5 heteroatoms. The highest BCUT2D eigenvalue weighted by Crippen LogP contribution is 2.56. The van der Waals surface area contributed by atoms with Gasteiger partial charge in [-0.1, -0.05) is 123 Å². The first-order chi connectivity index (χ1) is 24.5. The molecule has 234 valence electrons. The topological polar surface area (TPSA) is 26.0 Å². The van der Waals surface area contributed by atoms with E-state index in [9.17, 15) is 0 Å². The molecule has 0 amide bonds. The van der Waals surface area contributed by atoms with Crippen molar-refractivity contribution in [2.24, 2.45) is 7.05 Å². The van der Waals surface area contributed by atoms with Gasteiger partial charge < -0.3 is 13.9 Å². The van der Waals surface area contributed by atoms with Crippen molar-refractivity contribution in [3.63, 3.8) is 0 Å². The van der Waals surface area contributed by atoms with Crippen LogP contribution in [0.3, 0.4) is 0 Å². The predicted molar refractivity (Wildman–Crippen MR) is 209 cm³/mol. The van der Waals surface area contributed by atoms with E-state index in [0.717, 1.165) is 22.4 Å². The third-order valence-corrected chi connectivity index (χ3v) is 12.0. The number of rotatable bonds is 1. The smallest absolute Gasteiger partial charge is 0.333 e. The van der Waals surface area contributed by atoms with Gasteiger partial charge >= 0.3 is 6.85 Å². The molecule has 9 aromatic rings. The number of hydrogen-bond acceptors (Lipinski definition) is 2. The number of benzene rings is 7. The van der Waals surface area contributed by atoms with Crippen LogP contribution in [0.4, 0.5) is 11.4 Å². The van der Waals surface area contributed by atoms with Gasteiger partial charge in [0.05, 0.1) is 22.1 Å². The summed E-state index contributed by atoms with van der Waals surface area (Å²) in [6.07, 6.45) is 0. The van der Waals surface area contributed by atoms with Gasteiger partial charge in [-0.05, 0) is 62.7 Å². The van der Waals surface area contributed by atoms with E-state index < -0.39 is 0 Å². The van der Waals surface area contributed by atoms with Gasteiger partial charge in [0.15, 0.2) is 0 Å². The fourth-order valence-corrected chi connectivity index (χ4v) is 9.94. The zero-order valence-electron chi connectivity index (χ0n) is 28.1. The number of nitrogens with zero attached hydrogens (tertiary/aromatic N) is 4. The Balaban J connectivity index is 1.33. The van der Waals surface area contributed by atoms with Crippen LogP contribution in [0.15, 0.2) is 133 Å². The van der Waals surface area contributed by atoms with Crippen molar-refractivity contribution >= 4 is 72.8 Å². The average molecular weight is 639 g/mol. The van der Waals surface area contributed by atoms with Crippen LogP contribution >= 0.6 is 0 Å². The maximum absolute atomic E-state index is 5.33. The van der Waals surface area contributed by atoms with Crippen molar-refractivity contribution in [1.29, 1.82) is 0 Å². The molecule has 0 N–H and O–H groups in total. The number of fused-ring (bicyclic) bond motifs is 14. The Labute approximate surface area is 289 Å². The lowest BCUT2D eigenvalue weighted by molar-refractivity contribution is 0.634. The molecule has 0 bridgehead atoms. The van der Waals surface area contributed by atoms with Crippen molar-refractivity contribution in [1.82, 2.24) is 14.1 Å². The molecule has 3 aliphatic rings. The van der Waals surface area contributed by atoms with E-state index >= 15 is 0 Å². The molecule has 2 aromatic heterocycles. The summed E-state index contributed by atoms with van der Waals surface area (Å²) in [5.41, 5.74) is 17.6. The van der Waals surface area contributed by atoms with E-state index in [4.69, 9.17) is 4.98 Å². The normalized spacial score (nSPS) is 14.8. The third kappa shape index (κ3) is 3.00. The molecular formula is C45H31BN4. The Kier molecular flexibility index (Phi) is 4.79. The highest BCUT2D eigenvalue weighted by Gasteiger charge is 2.50. The van der Waals surface area contributed by atoms with Gasteiger partial charge in [-0.3, -0.25) is 0 Å². The quantitative estimate of drug-likeness (QED) is 0.168. The van der Waals surface area contributed by atoms with Gasteiger partial charge in [0.1, 0.15) is 5.82 Å². The van der Waals surface area contributed by atoms with Crippen molar-refractivity contribution in [3.8, 4) is 28.2 Å². The Morgan fingerprint density at radius 2 is 1.36 bits per heavy atom. The van der Waals surface area contributed by atoms with Crippen LogP contribution in [0.2, 0.25) is 0 Å². The molecule has 0 aliphatic carbocycles. The van der Waals surface area contributed by atoms with Crippen LogP contribution < -0.4 is 15.7 Å². The van der Waals surface area contributed by atoms with E-state index in [-0.39, 0.29) is 12.3 Å². The van der Waals surface area contributed by atoms with Crippen molar-refractivity contribution < 1.29 is 0 Å². The van der Waals surface area contributed by atoms with Crippen LogP contribution in [0.1, 0.15) is 25.0 Å². The molecule has 7 aromatic carbocycles. The summed E-state index contributed by atoms with van der Waals surface area (Å²) >= 11 is 0. The molecule has 0 saturated heterocycles. The van der Waals surface area contributed by atoms with Gasteiger partial charge in [-0.2, -0.15) is 0 Å². The summed E-state index contributed by atoms with van der Waals surface area (Å²) in [5.74, 6) is 0.982. The summed E-state index contributed by atoms with van der Waals surface area (Å²) in [4.78, 5) is 8.02. The van der Waals surface area contributed by atoms with Gasteiger partial charge in [0, 0.05) is 51.4 Å². The van der Waals surface area contributed by atoms with Crippen LogP contribution in [0, 0.1) is 0 Å². The molecule has 5 heterocycles. The lowest BCUT2D eigenvalue weighted by Crippen LogP contribution is -2.62. The van der Waals surface area contributed by atoms with Gasteiger partial charge in [-0.15, -0.1) is 0 Å². The highest BCUT2D eigenvalue weighted by molar-refractivity contribution is 6.94. The van der Waals surface area contributed by atoms with Gasteiger partial charge in [0.25, 0.3) is 0 Å². The highest BCUT2D eigenvalue weighted by atomic mass is 15.1. The Morgan fingerprint density at radius 3 is 2.22 bits per heavy atom. The largest absolute Gasteiger partial charge is 0.376 e. The third-order valence-electron chi connectivity index (χ3n) is 12.0. The average Bonchev–Trinajstić information content (AvgIpc) is 3.68. The van der Waals surface area contributed by atoms with Crippen LogP contribution in [-0.4, -0.2) is 21.0 Å². The second kappa shape index (κ2) is 8.93. The molecule has 0 unspecified atom stereocenters. The van der Waals surface area contributed by atoms with E-state index in [1.54, 1.807) is 0 Å². The molecule has 50 heavy (non-hydrogen) atoms. The number of hydrogen-bond donors (Lipinski definition) is 0. The fourth-order valence-electron chi connectivity index (χ4n) is 9.94. The maximum Gasteiger partial charge on any atom is 0.333 e. The molecule has 4 nitrogen and oxygen atoms in total. The van der Waals surface area contributed by atoms with Gasteiger partial charge in [-0.25, -0.2) is 4.98 Å². The summed E-state index contributed by atoms with van der Waals surface area (Å²) in [6.45, 7) is 4.75. The first kappa shape index (κ1) is 26.8. The molecule has 3 aliphatic heterocycles. The lowest BCUT2D eigenvalue weighted by atomic mass is 9.42. The van der Waals surface area contributed by atoms with E-state index in [2.05, 4.69) is 168 Å². The first-order valence-electron chi connectivity index (χ1n) is 17.6. The maximum atomic E-state index is 5.33. The number of imidazole rings is 1. The minimum Gasteiger partial charge on any atom is -0.376 e. The van der Waals surface area contributed by atoms with Crippen molar-refractivity contribution in [3.05, 3.63) is 145 Å².